The summed E-state index contributed by atoms with van der Waals surface area (Å²) in [5.41, 5.74) is 6.75. The molecule has 0 spiro atoms. The molecule has 1 amide bonds. The average molecular weight is 287 g/mol. The van der Waals surface area contributed by atoms with E-state index >= 15 is 0 Å². The van der Waals surface area contributed by atoms with E-state index in [0.717, 1.165) is 18.4 Å². The number of β-amino-alcohol motifs (C(OH)–C–C–N with tert-alkyl or cyclic N) is 1. The number of benzene rings is 1. The molecule has 3 atom stereocenters. The Kier molecular flexibility index (Phi) is 4.94. The minimum Gasteiger partial charge on any atom is -0.387 e. The molecule has 1 aromatic carbocycles. The summed E-state index contributed by atoms with van der Waals surface area (Å²) in [7, 11) is 0. The third-order valence-electron chi connectivity index (χ3n) is 4.25. The number of hydrogen-bond donors (Lipinski definition) is 2. The molecule has 112 valence electrons. The molecule has 5 nitrogen and oxygen atoms in total. The van der Waals surface area contributed by atoms with Gasteiger partial charge in [0.1, 0.15) is 0 Å². The molecule has 1 aromatic rings. The van der Waals surface area contributed by atoms with Crippen LogP contribution >= 0.6 is 0 Å². The van der Waals surface area contributed by atoms with Crippen molar-refractivity contribution >= 4 is 5.91 Å². The van der Waals surface area contributed by atoms with Gasteiger partial charge < -0.3 is 10.8 Å². The molecule has 1 aliphatic heterocycles. The number of nitriles is 1. The van der Waals surface area contributed by atoms with E-state index < -0.39 is 6.10 Å². The van der Waals surface area contributed by atoms with Gasteiger partial charge >= 0.3 is 0 Å². The normalized spacial score (nSPS) is 24.2. The van der Waals surface area contributed by atoms with Gasteiger partial charge in [-0.3, -0.25) is 9.69 Å². The van der Waals surface area contributed by atoms with Crippen molar-refractivity contribution in [2.45, 2.75) is 31.9 Å². The molecule has 1 heterocycles. The van der Waals surface area contributed by atoms with Crippen molar-refractivity contribution in [3.63, 3.8) is 0 Å². The summed E-state index contributed by atoms with van der Waals surface area (Å²) in [6.07, 6.45) is 1.10. The molecule has 0 saturated carbocycles. The molecule has 1 saturated heterocycles. The monoisotopic (exact) mass is 287 g/mol. The van der Waals surface area contributed by atoms with Gasteiger partial charge in [0, 0.05) is 19.1 Å². The predicted molar refractivity (Wildman–Crippen MR) is 79.1 cm³/mol. The molecule has 5 heteroatoms. The highest BCUT2D eigenvalue weighted by Crippen LogP contribution is 2.24. The molecule has 0 bridgehead atoms. The van der Waals surface area contributed by atoms with E-state index in [4.69, 9.17) is 11.0 Å². The Labute approximate surface area is 125 Å². The van der Waals surface area contributed by atoms with Crippen molar-refractivity contribution in [2.24, 2.45) is 11.7 Å². The molecule has 21 heavy (non-hydrogen) atoms. The summed E-state index contributed by atoms with van der Waals surface area (Å²) >= 11 is 0. The molecule has 1 fully saturated rings. The molecule has 3 unspecified atom stereocenters. The van der Waals surface area contributed by atoms with E-state index in [1.54, 1.807) is 24.3 Å². The molecule has 2 rings (SSSR count). The molecule has 0 aromatic heterocycles. The van der Waals surface area contributed by atoms with Crippen LogP contribution < -0.4 is 5.73 Å². The number of rotatable bonds is 4. The van der Waals surface area contributed by atoms with Gasteiger partial charge in [0.15, 0.2) is 0 Å². The summed E-state index contributed by atoms with van der Waals surface area (Å²) in [5.74, 6) is -0.394. The van der Waals surface area contributed by atoms with Gasteiger partial charge in [-0.1, -0.05) is 12.1 Å². The number of aliphatic hydroxyl groups excluding tert-OH is 1. The highest BCUT2D eigenvalue weighted by molar-refractivity contribution is 5.76. The highest BCUT2D eigenvalue weighted by atomic mass is 16.3. The van der Waals surface area contributed by atoms with Crippen LogP contribution in [-0.4, -0.2) is 35.0 Å². The van der Waals surface area contributed by atoms with Crippen LogP contribution in [0.25, 0.3) is 0 Å². The van der Waals surface area contributed by atoms with Crippen molar-refractivity contribution in [1.82, 2.24) is 4.90 Å². The van der Waals surface area contributed by atoms with Crippen molar-refractivity contribution in [3.05, 3.63) is 35.4 Å². The fourth-order valence-corrected chi connectivity index (χ4v) is 2.77. The van der Waals surface area contributed by atoms with E-state index in [1.165, 1.54) is 0 Å². The summed E-state index contributed by atoms with van der Waals surface area (Å²) in [4.78, 5) is 13.4. The number of likely N-dealkylation sites (tertiary alicyclic amines) is 1. The predicted octanol–water partition coefficient (Wildman–Crippen LogP) is 1.18. The average Bonchev–Trinajstić information content (AvgIpc) is 2.49. The van der Waals surface area contributed by atoms with Crippen LogP contribution in [0.3, 0.4) is 0 Å². The molecule has 0 aliphatic carbocycles. The number of carbonyl (C=O) groups excluding carboxylic acids is 1. The Morgan fingerprint density at radius 3 is 2.71 bits per heavy atom. The Morgan fingerprint density at radius 2 is 2.14 bits per heavy atom. The SMILES string of the molecule is CC1CCC(C(N)=O)CN1CC(O)c1ccc(C#N)cc1. The largest absolute Gasteiger partial charge is 0.387 e. The molecular formula is C16H21N3O2. The second-order valence-corrected chi connectivity index (χ2v) is 5.73. The second kappa shape index (κ2) is 6.70. The first-order chi connectivity index (χ1) is 10.0. The van der Waals surface area contributed by atoms with Crippen LogP contribution in [0.4, 0.5) is 0 Å². The maximum absolute atomic E-state index is 11.3. The molecule has 1 aliphatic rings. The standard InChI is InChI=1S/C16H21N3O2/c1-11-2-5-14(16(18)21)9-19(11)10-15(20)13-6-3-12(8-17)4-7-13/h3-4,6-7,11,14-15,20H,2,5,9-10H2,1H3,(H2,18,21). The fraction of sp³-hybridized carbons (Fsp3) is 0.500. The minimum absolute atomic E-state index is 0.130. The summed E-state index contributed by atoms with van der Waals surface area (Å²) < 4.78 is 0. The quantitative estimate of drug-likeness (QED) is 0.870. The van der Waals surface area contributed by atoms with Crippen LogP contribution in [0.1, 0.15) is 37.0 Å². The number of piperidine rings is 1. The molecule has 3 N–H and O–H groups in total. The Balaban J connectivity index is 2.01. The van der Waals surface area contributed by atoms with Gasteiger partial charge in [-0.15, -0.1) is 0 Å². The second-order valence-electron chi connectivity index (χ2n) is 5.73. The third-order valence-corrected chi connectivity index (χ3v) is 4.25. The number of carbonyl (C=O) groups is 1. The molecular weight excluding hydrogens is 266 g/mol. The fourth-order valence-electron chi connectivity index (χ4n) is 2.77. The topological polar surface area (TPSA) is 90.3 Å². The number of amides is 1. The van der Waals surface area contributed by atoms with E-state index in [9.17, 15) is 9.90 Å². The van der Waals surface area contributed by atoms with Crippen LogP contribution in [-0.2, 0) is 4.79 Å². The lowest BCUT2D eigenvalue weighted by molar-refractivity contribution is -0.124. The zero-order valence-electron chi connectivity index (χ0n) is 12.2. The van der Waals surface area contributed by atoms with Crippen molar-refractivity contribution in [1.29, 1.82) is 5.26 Å². The Hall–Kier alpha value is -1.90. The first-order valence-electron chi connectivity index (χ1n) is 7.22. The van der Waals surface area contributed by atoms with Gasteiger partial charge in [0.25, 0.3) is 0 Å². The van der Waals surface area contributed by atoms with E-state index in [-0.39, 0.29) is 11.8 Å². The number of nitrogens with zero attached hydrogens (tertiary/aromatic N) is 2. The lowest BCUT2D eigenvalue weighted by atomic mass is 9.92. The van der Waals surface area contributed by atoms with Crippen molar-refractivity contribution in [3.8, 4) is 6.07 Å². The Bertz CT molecular complexity index is 535. The Morgan fingerprint density at radius 1 is 1.48 bits per heavy atom. The van der Waals surface area contributed by atoms with Crippen LogP contribution in [0, 0.1) is 17.2 Å². The van der Waals surface area contributed by atoms with E-state index in [2.05, 4.69) is 17.9 Å². The lowest BCUT2D eigenvalue weighted by Crippen LogP contribution is -2.47. The van der Waals surface area contributed by atoms with Gasteiger partial charge in [-0.05, 0) is 37.5 Å². The smallest absolute Gasteiger partial charge is 0.221 e. The summed E-state index contributed by atoms with van der Waals surface area (Å²) in [5, 5.41) is 19.1. The number of nitrogens with two attached hydrogens (primary N) is 1. The van der Waals surface area contributed by atoms with Crippen molar-refractivity contribution in [2.75, 3.05) is 13.1 Å². The first kappa shape index (κ1) is 15.5. The number of primary amides is 1. The van der Waals surface area contributed by atoms with Gasteiger partial charge in [0.05, 0.1) is 23.7 Å². The zero-order valence-corrected chi connectivity index (χ0v) is 12.2. The summed E-state index contributed by atoms with van der Waals surface area (Å²) in [6.45, 7) is 3.17. The molecule has 0 radical (unpaired) electrons. The van der Waals surface area contributed by atoms with Crippen LogP contribution in [0.15, 0.2) is 24.3 Å². The maximum atomic E-state index is 11.3. The van der Waals surface area contributed by atoms with Crippen molar-refractivity contribution < 1.29 is 9.90 Å². The van der Waals surface area contributed by atoms with Crippen LogP contribution in [0.2, 0.25) is 0 Å². The summed E-state index contributed by atoms with van der Waals surface area (Å²) in [6, 6.07) is 9.32. The minimum atomic E-state index is -0.633. The van der Waals surface area contributed by atoms with Crippen LogP contribution in [0.5, 0.6) is 0 Å². The zero-order chi connectivity index (χ0) is 15.4. The number of aliphatic hydroxyl groups is 1. The highest BCUT2D eigenvalue weighted by Gasteiger charge is 2.29. The first-order valence-corrected chi connectivity index (χ1v) is 7.22. The maximum Gasteiger partial charge on any atom is 0.221 e. The van der Waals surface area contributed by atoms with Gasteiger partial charge in [-0.25, -0.2) is 0 Å². The van der Waals surface area contributed by atoms with Gasteiger partial charge in [0.2, 0.25) is 5.91 Å². The number of hydrogen-bond acceptors (Lipinski definition) is 4. The third kappa shape index (κ3) is 3.81. The van der Waals surface area contributed by atoms with E-state index in [1.807, 2.05) is 0 Å². The van der Waals surface area contributed by atoms with Gasteiger partial charge in [-0.2, -0.15) is 5.26 Å². The lowest BCUT2D eigenvalue weighted by Gasteiger charge is -2.38. The van der Waals surface area contributed by atoms with E-state index in [0.29, 0.717) is 24.7 Å².